The van der Waals surface area contributed by atoms with E-state index in [4.69, 9.17) is 10.5 Å². The van der Waals surface area contributed by atoms with E-state index in [0.717, 1.165) is 5.56 Å². The first kappa shape index (κ1) is 11.1. The predicted octanol–water partition coefficient (Wildman–Crippen LogP) is 0.419. The quantitative estimate of drug-likeness (QED) is 0.773. The van der Waals surface area contributed by atoms with Crippen molar-refractivity contribution >= 4 is 5.91 Å². The average Bonchev–Trinajstić information content (AvgIpc) is 2.76. The first-order valence-corrected chi connectivity index (χ1v) is 5.44. The molecule has 0 radical (unpaired) electrons. The molecule has 4 heteroatoms. The summed E-state index contributed by atoms with van der Waals surface area (Å²) in [6, 6.07) is 9.75. The van der Waals surface area contributed by atoms with Crippen molar-refractivity contribution in [1.29, 1.82) is 0 Å². The zero-order valence-corrected chi connectivity index (χ0v) is 9.06. The molecule has 1 aromatic rings. The molecule has 0 aromatic heterocycles. The number of ether oxygens (including phenoxy) is 1. The van der Waals surface area contributed by atoms with Crippen molar-refractivity contribution in [2.24, 2.45) is 5.73 Å². The lowest BCUT2D eigenvalue weighted by molar-refractivity contribution is -0.119. The van der Waals surface area contributed by atoms with Crippen LogP contribution in [-0.2, 0) is 16.1 Å². The summed E-state index contributed by atoms with van der Waals surface area (Å²) in [7, 11) is 0. The van der Waals surface area contributed by atoms with Crippen LogP contribution in [0.25, 0.3) is 0 Å². The van der Waals surface area contributed by atoms with Gasteiger partial charge in [-0.05, 0) is 12.0 Å². The summed E-state index contributed by atoms with van der Waals surface area (Å²) < 4.78 is 5.70. The molecule has 1 aliphatic heterocycles. The first-order chi connectivity index (χ1) is 7.75. The zero-order chi connectivity index (χ0) is 11.4. The Morgan fingerprint density at radius 1 is 1.44 bits per heavy atom. The van der Waals surface area contributed by atoms with E-state index in [0.29, 0.717) is 19.6 Å². The molecule has 0 aliphatic carbocycles. The Labute approximate surface area is 94.8 Å². The van der Waals surface area contributed by atoms with E-state index >= 15 is 0 Å². The van der Waals surface area contributed by atoms with Crippen LogP contribution in [0.4, 0.5) is 0 Å². The Bertz CT molecular complexity index is 353. The lowest BCUT2D eigenvalue weighted by Crippen LogP contribution is -2.36. The van der Waals surface area contributed by atoms with Crippen molar-refractivity contribution in [3.63, 3.8) is 0 Å². The van der Waals surface area contributed by atoms with Gasteiger partial charge in [0.05, 0.1) is 18.8 Å². The fourth-order valence-corrected chi connectivity index (χ4v) is 1.84. The molecule has 1 amide bonds. The number of amides is 1. The maximum Gasteiger partial charge on any atom is 0.234 e. The monoisotopic (exact) mass is 220 g/mol. The van der Waals surface area contributed by atoms with Gasteiger partial charge < -0.3 is 15.8 Å². The second-order valence-corrected chi connectivity index (χ2v) is 4.02. The maximum atomic E-state index is 10.9. The van der Waals surface area contributed by atoms with E-state index in [1.165, 1.54) is 0 Å². The zero-order valence-electron chi connectivity index (χ0n) is 9.06. The normalized spacial score (nSPS) is 24.5. The number of hydrogen-bond donors (Lipinski definition) is 2. The third-order valence-corrected chi connectivity index (χ3v) is 2.76. The summed E-state index contributed by atoms with van der Waals surface area (Å²) in [5.41, 5.74) is 6.35. The van der Waals surface area contributed by atoms with Crippen LogP contribution in [0.2, 0.25) is 0 Å². The molecule has 0 saturated carbocycles. The number of benzene rings is 1. The van der Waals surface area contributed by atoms with Gasteiger partial charge in [-0.3, -0.25) is 4.79 Å². The fourth-order valence-electron chi connectivity index (χ4n) is 1.84. The van der Waals surface area contributed by atoms with Crippen molar-refractivity contribution < 1.29 is 9.53 Å². The Hall–Kier alpha value is -1.39. The van der Waals surface area contributed by atoms with E-state index in [-0.39, 0.29) is 18.1 Å². The molecule has 1 heterocycles. The third-order valence-electron chi connectivity index (χ3n) is 2.76. The molecule has 0 bridgehead atoms. The van der Waals surface area contributed by atoms with E-state index in [9.17, 15) is 4.79 Å². The fraction of sp³-hybridized carbons (Fsp3) is 0.417. The Morgan fingerprint density at radius 3 is 2.81 bits per heavy atom. The number of nitrogens with one attached hydrogen (secondary N) is 1. The van der Waals surface area contributed by atoms with Gasteiger partial charge in [0.15, 0.2) is 0 Å². The van der Waals surface area contributed by atoms with Gasteiger partial charge in [0.25, 0.3) is 0 Å². The molecule has 0 spiro atoms. The van der Waals surface area contributed by atoms with Crippen LogP contribution in [0, 0.1) is 0 Å². The van der Waals surface area contributed by atoms with Gasteiger partial charge >= 0.3 is 0 Å². The molecule has 1 saturated heterocycles. The Balaban J connectivity index is 1.78. The molecular weight excluding hydrogens is 204 g/mol. The van der Waals surface area contributed by atoms with Crippen molar-refractivity contribution in [3.8, 4) is 0 Å². The van der Waals surface area contributed by atoms with E-state index in [2.05, 4.69) is 5.32 Å². The van der Waals surface area contributed by atoms with Crippen molar-refractivity contribution in [2.45, 2.75) is 25.2 Å². The van der Waals surface area contributed by atoms with Gasteiger partial charge in [0, 0.05) is 6.54 Å². The third kappa shape index (κ3) is 2.81. The minimum absolute atomic E-state index is 0.0812. The highest BCUT2D eigenvalue weighted by Gasteiger charge is 2.28. The Morgan fingerprint density at radius 2 is 2.19 bits per heavy atom. The molecule has 16 heavy (non-hydrogen) atoms. The number of carbonyl (C=O) groups excluding carboxylic acids is 1. The highest BCUT2D eigenvalue weighted by molar-refractivity contribution is 5.80. The molecule has 3 N–H and O–H groups in total. The van der Waals surface area contributed by atoms with Crippen molar-refractivity contribution in [2.75, 3.05) is 6.54 Å². The van der Waals surface area contributed by atoms with Crippen LogP contribution in [0.3, 0.4) is 0 Å². The molecule has 2 atom stereocenters. The van der Waals surface area contributed by atoms with Gasteiger partial charge in [0.1, 0.15) is 0 Å². The standard InChI is InChI=1S/C12H16N2O2/c13-12(15)11-6-10(7-14-11)16-8-9-4-2-1-3-5-9/h1-5,10-11,14H,6-8H2,(H2,13,15)/t10?,11-/m0/s1. The smallest absolute Gasteiger partial charge is 0.234 e. The van der Waals surface area contributed by atoms with Crippen LogP contribution in [0.1, 0.15) is 12.0 Å². The molecule has 1 aromatic carbocycles. The van der Waals surface area contributed by atoms with Crippen LogP contribution >= 0.6 is 0 Å². The summed E-state index contributed by atoms with van der Waals surface area (Å²) in [4.78, 5) is 10.9. The van der Waals surface area contributed by atoms with Gasteiger partial charge in [-0.2, -0.15) is 0 Å². The number of rotatable bonds is 4. The second kappa shape index (κ2) is 5.09. The largest absolute Gasteiger partial charge is 0.372 e. The summed E-state index contributed by atoms with van der Waals surface area (Å²) in [5.74, 6) is -0.300. The molecule has 86 valence electrons. The van der Waals surface area contributed by atoms with Crippen LogP contribution in [0.15, 0.2) is 30.3 Å². The molecule has 1 fully saturated rings. The topological polar surface area (TPSA) is 64.4 Å². The number of nitrogens with two attached hydrogens (primary N) is 1. The summed E-state index contributed by atoms with van der Waals surface area (Å²) in [6.07, 6.45) is 0.750. The predicted molar refractivity (Wildman–Crippen MR) is 60.6 cm³/mol. The van der Waals surface area contributed by atoms with Gasteiger partial charge in [-0.1, -0.05) is 30.3 Å². The minimum atomic E-state index is -0.300. The maximum absolute atomic E-state index is 10.9. The lowest BCUT2D eigenvalue weighted by atomic mass is 10.2. The van der Waals surface area contributed by atoms with E-state index in [1.54, 1.807) is 0 Å². The van der Waals surface area contributed by atoms with E-state index in [1.807, 2.05) is 30.3 Å². The van der Waals surface area contributed by atoms with Crippen LogP contribution < -0.4 is 11.1 Å². The number of carbonyl (C=O) groups is 1. The van der Waals surface area contributed by atoms with Crippen molar-refractivity contribution in [3.05, 3.63) is 35.9 Å². The highest BCUT2D eigenvalue weighted by Crippen LogP contribution is 2.12. The lowest BCUT2D eigenvalue weighted by Gasteiger charge is -2.10. The minimum Gasteiger partial charge on any atom is -0.372 e. The summed E-state index contributed by atoms with van der Waals surface area (Å²) in [5, 5.41) is 3.04. The van der Waals surface area contributed by atoms with Gasteiger partial charge in [-0.15, -0.1) is 0 Å². The van der Waals surface area contributed by atoms with E-state index < -0.39 is 0 Å². The van der Waals surface area contributed by atoms with Crippen molar-refractivity contribution in [1.82, 2.24) is 5.32 Å². The second-order valence-electron chi connectivity index (χ2n) is 4.02. The Kier molecular flexibility index (Phi) is 3.54. The van der Waals surface area contributed by atoms with Crippen LogP contribution in [0.5, 0.6) is 0 Å². The summed E-state index contributed by atoms with van der Waals surface area (Å²) in [6.45, 7) is 1.28. The van der Waals surface area contributed by atoms with Crippen LogP contribution in [-0.4, -0.2) is 24.6 Å². The number of hydrogen-bond acceptors (Lipinski definition) is 3. The highest BCUT2D eigenvalue weighted by atomic mass is 16.5. The molecule has 1 aliphatic rings. The molecule has 4 nitrogen and oxygen atoms in total. The molecule has 2 rings (SSSR count). The molecule has 1 unspecified atom stereocenters. The van der Waals surface area contributed by atoms with Gasteiger partial charge in [-0.25, -0.2) is 0 Å². The average molecular weight is 220 g/mol. The van der Waals surface area contributed by atoms with Gasteiger partial charge in [0.2, 0.25) is 5.91 Å². The SMILES string of the molecule is NC(=O)[C@@H]1CC(OCc2ccccc2)CN1. The summed E-state index contributed by atoms with van der Waals surface area (Å²) >= 11 is 0. The number of primary amides is 1. The first-order valence-electron chi connectivity index (χ1n) is 5.44. The molecular formula is C12H16N2O2.